The normalized spacial score (nSPS) is 28.2. The molecule has 0 unspecified atom stereocenters. The molecule has 2 heterocycles. The Kier molecular flexibility index (Phi) is 4.11. The number of aromatic nitrogens is 2. The Labute approximate surface area is 131 Å². The maximum Gasteiger partial charge on any atom is 0.289 e. The molecule has 0 spiro atoms. The van der Waals surface area contributed by atoms with Crippen molar-refractivity contribution in [2.75, 3.05) is 6.61 Å². The maximum absolute atomic E-state index is 10.0. The van der Waals surface area contributed by atoms with Gasteiger partial charge in [-0.3, -0.25) is 0 Å². The van der Waals surface area contributed by atoms with Crippen molar-refractivity contribution in [2.24, 2.45) is 0 Å². The van der Waals surface area contributed by atoms with Gasteiger partial charge in [0.05, 0.1) is 6.61 Å². The van der Waals surface area contributed by atoms with Crippen LogP contribution in [0.25, 0.3) is 11.5 Å². The molecule has 1 aromatic heterocycles. The van der Waals surface area contributed by atoms with Crippen LogP contribution in [0.3, 0.4) is 0 Å². The summed E-state index contributed by atoms with van der Waals surface area (Å²) in [4.78, 5) is 0.0189. The van der Waals surface area contributed by atoms with E-state index in [1.807, 2.05) is 31.2 Å². The summed E-state index contributed by atoms with van der Waals surface area (Å²) < 4.78 is 12.0. The molecule has 3 rings (SSSR count). The second-order valence-electron chi connectivity index (χ2n) is 5.21. The summed E-state index contributed by atoms with van der Waals surface area (Å²) >= 11 is 5.10. The lowest BCUT2D eigenvalue weighted by molar-refractivity contribution is -0.0602. The van der Waals surface area contributed by atoms with Crippen LogP contribution in [-0.4, -0.2) is 50.0 Å². The van der Waals surface area contributed by atoms with E-state index in [1.54, 1.807) is 0 Å². The molecule has 8 heteroatoms. The van der Waals surface area contributed by atoms with Crippen LogP contribution in [0.2, 0.25) is 0 Å². The van der Waals surface area contributed by atoms with Crippen molar-refractivity contribution in [1.82, 2.24) is 9.78 Å². The van der Waals surface area contributed by atoms with Crippen LogP contribution in [-0.2, 0) is 4.74 Å². The molecule has 0 bridgehead atoms. The Hall–Kier alpha value is -1.58. The molecule has 2 aromatic rings. The van der Waals surface area contributed by atoms with Crippen LogP contribution in [0, 0.1) is 11.8 Å². The smallest absolute Gasteiger partial charge is 0.289 e. The van der Waals surface area contributed by atoms with Crippen LogP contribution >= 0.6 is 12.2 Å². The molecule has 118 valence electrons. The highest BCUT2D eigenvalue weighted by molar-refractivity contribution is 7.71. The van der Waals surface area contributed by atoms with Crippen molar-refractivity contribution in [3.8, 4) is 11.5 Å². The van der Waals surface area contributed by atoms with E-state index in [0.717, 1.165) is 11.1 Å². The highest BCUT2D eigenvalue weighted by Gasteiger charge is 2.44. The first-order chi connectivity index (χ1) is 10.5. The standard InChI is InChI=1S/C14H16N2O5S/c1-7-2-4-8(5-3-7)12-15-16(14(22)21-12)13-11(19)10(18)9(6-17)20-13/h2-5,9-11,13,17-19H,6H2,1H3/t9-,10+,11-,13-/m1/s1. The molecule has 22 heavy (non-hydrogen) atoms. The molecular weight excluding hydrogens is 308 g/mol. The molecule has 1 saturated heterocycles. The SMILES string of the molecule is Cc1ccc(-c2nn([C@@H]3O[C@H](CO)[C@H](O)[C@H]3O)c(=S)o2)cc1. The Morgan fingerprint density at radius 3 is 2.50 bits per heavy atom. The Bertz CT molecular complexity index is 711. The minimum Gasteiger partial charge on any atom is -0.409 e. The van der Waals surface area contributed by atoms with E-state index in [1.165, 1.54) is 4.68 Å². The number of nitrogens with zero attached hydrogens (tertiary/aromatic N) is 2. The topological polar surface area (TPSA) is 101 Å². The molecule has 1 aliphatic heterocycles. The van der Waals surface area contributed by atoms with Crippen LogP contribution < -0.4 is 0 Å². The van der Waals surface area contributed by atoms with Gasteiger partial charge in [0.25, 0.3) is 4.84 Å². The summed E-state index contributed by atoms with van der Waals surface area (Å²) in [5, 5.41) is 33.1. The van der Waals surface area contributed by atoms with Gasteiger partial charge >= 0.3 is 0 Å². The number of aliphatic hydroxyl groups excluding tert-OH is 3. The van der Waals surface area contributed by atoms with Crippen LogP contribution in [0.15, 0.2) is 28.7 Å². The summed E-state index contributed by atoms with van der Waals surface area (Å²) in [6, 6.07) is 7.52. The number of hydrogen-bond acceptors (Lipinski definition) is 7. The van der Waals surface area contributed by atoms with Gasteiger partial charge in [0, 0.05) is 5.56 Å². The molecule has 1 aliphatic rings. The fraction of sp³-hybridized carbons (Fsp3) is 0.429. The molecule has 0 radical (unpaired) electrons. The first kappa shape index (κ1) is 15.3. The van der Waals surface area contributed by atoms with E-state index in [-0.39, 0.29) is 4.84 Å². The number of aryl methyl sites for hydroxylation is 1. The summed E-state index contributed by atoms with van der Waals surface area (Å²) in [6.45, 7) is 1.56. The summed E-state index contributed by atoms with van der Waals surface area (Å²) in [5.41, 5.74) is 1.84. The zero-order valence-electron chi connectivity index (χ0n) is 11.8. The molecule has 3 N–H and O–H groups in total. The second kappa shape index (κ2) is 5.90. The summed E-state index contributed by atoms with van der Waals surface area (Å²) in [6.07, 6.45) is -4.35. The molecule has 0 amide bonds. The number of ether oxygens (including phenoxy) is 1. The zero-order chi connectivity index (χ0) is 15.9. The van der Waals surface area contributed by atoms with Crippen molar-refractivity contribution in [3.63, 3.8) is 0 Å². The summed E-state index contributed by atoms with van der Waals surface area (Å²) in [5.74, 6) is 0.294. The predicted octanol–water partition coefficient (Wildman–Crippen LogP) is 0.793. The van der Waals surface area contributed by atoms with Crippen LogP contribution in [0.5, 0.6) is 0 Å². The Morgan fingerprint density at radius 1 is 1.23 bits per heavy atom. The highest BCUT2D eigenvalue weighted by Crippen LogP contribution is 2.30. The average molecular weight is 324 g/mol. The van der Waals surface area contributed by atoms with Gasteiger partial charge in [-0.25, -0.2) is 0 Å². The molecular formula is C14H16N2O5S. The van der Waals surface area contributed by atoms with E-state index in [0.29, 0.717) is 5.89 Å². The van der Waals surface area contributed by atoms with Crippen LogP contribution in [0.1, 0.15) is 11.8 Å². The maximum atomic E-state index is 10.0. The van der Waals surface area contributed by atoms with E-state index in [2.05, 4.69) is 5.10 Å². The monoisotopic (exact) mass is 324 g/mol. The van der Waals surface area contributed by atoms with Gasteiger partial charge in [-0.15, -0.1) is 5.10 Å². The van der Waals surface area contributed by atoms with Gasteiger partial charge in [0.15, 0.2) is 6.23 Å². The van der Waals surface area contributed by atoms with E-state index < -0.39 is 31.1 Å². The van der Waals surface area contributed by atoms with E-state index in [9.17, 15) is 10.2 Å². The largest absolute Gasteiger partial charge is 0.409 e. The molecule has 1 aromatic carbocycles. The molecule has 7 nitrogen and oxygen atoms in total. The minimum absolute atomic E-state index is 0.0189. The fourth-order valence-corrected chi connectivity index (χ4v) is 2.57. The third kappa shape index (κ3) is 2.59. The van der Waals surface area contributed by atoms with Crippen molar-refractivity contribution in [2.45, 2.75) is 31.5 Å². The third-order valence-corrected chi connectivity index (χ3v) is 3.90. The highest BCUT2D eigenvalue weighted by atomic mass is 32.1. The lowest BCUT2D eigenvalue weighted by atomic mass is 10.1. The van der Waals surface area contributed by atoms with Gasteiger partial charge in [-0.2, -0.15) is 4.68 Å². The van der Waals surface area contributed by atoms with E-state index in [4.69, 9.17) is 26.5 Å². The van der Waals surface area contributed by atoms with E-state index >= 15 is 0 Å². The number of hydrogen-bond donors (Lipinski definition) is 3. The van der Waals surface area contributed by atoms with Gasteiger partial charge < -0.3 is 24.5 Å². The van der Waals surface area contributed by atoms with Gasteiger partial charge in [0.2, 0.25) is 5.89 Å². The number of benzene rings is 1. The predicted molar refractivity (Wildman–Crippen MR) is 78.5 cm³/mol. The first-order valence-electron chi connectivity index (χ1n) is 6.80. The first-order valence-corrected chi connectivity index (χ1v) is 7.21. The van der Waals surface area contributed by atoms with Crippen molar-refractivity contribution in [1.29, 1.82) is 0 Å². The average Bonchev–Trinajstić information content (AvgIpc) is 3.02. The van der Waals surface area contributed by atoms with Crippen molar-refractivity contribution in [3.05, 3.63) is 34.7 Å². The lowest BCUT2D eigenvalue weighted by Crippen LogP contribution is -2.33. The molecule has 4 atom stereocenters. The zero-order valence-corrected chi connectivity index (χ0v) is 12.6. The van der Waals surface area contributed by atoms with Gasteiger partial charge in [0.1, 0.15) is 18.3 Å². The molecule has 0 aliphatic carbocycles. The third-order valence-electron chi connectivity index (χ3n) is 3.63. The quantitative estimate of drug-likeness (QED) is 0.718. The summed E-state index contributed by atoms with van der Waals surface area (Å²) in [7, 11) is 0. The van der Waals surface area contributed by atoms with Gasteiger partial charge in [-0.1, -0.05) is 17.7 Å². The van der Waals surface area contributed by atoms with Crippen molar-refractivity contribution < 1.29 is 24.5 Å². The fourth-order valence-electron chi connectivity index (χ4n) is 2.34. The number of rotatable bonds is 3. The van der Waals surface area contributed by atoms with Gasteiger partial charge in [-0.05, 0) is 31.3 Å². The van der Waals surface area contributed by atoms with Crippen LogP contribution in [0.4, 0.5) is 0 Å². The Morgan fingerprint density at radius 2 is 1.91 bits per heavy atom. The molecule has 0 saturated carbocycles. The number of aliphatic hydroxyl groups is 3. The Balaban J connectivity index is 1.93. The lowest BCUT2D eigenvalue weighted by Gasteiger charge is -2.13. The minimum atomic E-state index is -1.25. The van der Waals surface area contributed by atoms with Crippen molar-refractivity contribution >= 4 is 12.2 Å². The second-order valence-corrected chi connectivity index (χ2v) is 5.56. The molecule has 1 fully saturated rings.